The maximum absolute atomic E-state index is 12.6. The third-order valence-corrected chi connectivity index (χ3v) is 18.4. The van der Waals surface area contributed by atoms with Gasteiger partial charge in [-0.2, -0.15) is 12.8 Å². The van der Waals surface area contributed by atoms with Crippen LogP contribution in [0, 0.1) is 33.0 Å². The molecule has 0 saturated heterocycles. The minimum Gasteiger partial charge on any atom is -0.397 e. The van der Waals surface area contributed by atoms with Crippen LogP contribution in [0.1, 0.15) is 126 Å². The molecular formula is C74H104Br7FN10O14S. The number of hydrogen-bond donors (Lipinski definition) is 12. The quantitative estimate of drug-likeness (QED) is 0.0234. The first-order valence-corrected chi connectivity index (χ1v) is 39.3. The normalized spacial score (nSPS) is 15.0. The monoisotopic (exact) mass is 1960 g/mol. The Kier molecular flexibility index (Phi) is 50.6. The first-order chi connectivity index (χ1) is 48.6. The molecule has 14 N–H and O–H groups in total. The van der Waals surface area contributed by atoms with Crippen molar-refractivity contribution < 1.29 is 61.8 Å². The van der Waals surface area contributed by atoms with Crippen molar-refractivity contribution >= 4 is 185 Å². The first-order valence-electron chi connectivity index (χ1n) is 32.4. The second-order valence-corrected chi connectivity index (χ2v) is 31.5. The lowest BCUT2D eigenvalue weighted by Crippen LogP contribution is -2.40. The number of nitro benzene ring substituents is 2. The number of nitrogens with two attached hydrogens (primary N) is 2. The number of rotatable bonds is 12. The van der Waals surface area contributed by atoms with E-state index in [9.17, 15) is 34.2 Å². The summed E-state index contributed by atoms with van der Waals surface area (Å²) < 4.78 is 50.7. The van der Waals surface area contributed by atoms with E-state index in [1.165, 1.54) is 57.4 Å². The Balaban J connectivity index is 0. The number of nitrogen functional groups attached to an aromatic ring is 1. The van der Waals surface area contributed by atoms with Gasteiger partial charge in [-0.05, 0) is 231 Å². The maximum atomic E-state index is 12.6. The van der Waals surface area contributed by atoms with E-state index >= 15 is 0 Å². The highest BCUT2D eigenvalue weighted by Crippen LogP contribution is 2.35. The smallest absolute Gasteiger partial charge is 0.394 e. The van der Waals surface area contributed by atoms with Crippen LogP contribution in [0.5, 0.6) is 0 Å². The highest BCUT2D eigenvalue weighted by molar-refractivity contribution is 9.11. The van der Waals surface area contributed by atoms with Gasteiger partial charge < -0.3 is 63.0 Å². The molecule has 0 aliphatic carbocycles. The van der Waals surface area contributed by atoms with Crippen molar-refractivity contribution in [2.24, 2.45) is 5.73 Å². The molecule has 0 saturated carbocycles. The Morgan fingerprint density at radius 1 is 0.542 bits per heavy atom. The molecular weight excluding hydrogens is 1860 g/mol. The summed E-state index contributed by atoms with van der Waals surface area (Å²) in [7, 11) is -4.67. The van der Waals surface area contributed by atoms with Crippen molar-refractivity contribution in [2.45, 2.75) is 172 Å². The number of aryl methyl sites for hydroxylation is 4. The van der Waals surface area contributed by atoms with Crippen molar-refractivity contribution in [1.29, 1.82) is 0 Å². The molecule has 3 aliphatic heterocycles. The minimum absolute atomic E-state index is 0. The molecule has 10 rings (SSSR count). The molecule has 7 atom stereocenters. The summed E-state index contributed by atoms with van der Waals surface area (Å²) in [5.74, 6) is -0.560. The molecule has 0 radical (unpaired) electrons. The largest absolute Gasteiger partial charge is 0.397 e. The number of fused-ring (bicyclic) bond motifs is 3. The summed E-state index contributed by atoms with van der Waals surface area (Å²) in [6.07, 6.45) is 6.64. The predicted molar refractivity (Wildman–Crippen MR) is 460 cm³/mol. The number of carbonyl (C=O) groups is 2. The Bertz CT molecular complexity index is 3890. The zero-order valence-corrected chi connectivity index (χ0v) is 71.0. The van der Waals surface area contributed by atoms with Gasteiger partial charge in [0.15, 0.2) is 0 Å². The Labute approximate surface area is 689 Å². The molecule has 107 heavy (non-hydrogen) atoms. The average Bonchev–Trinajstić information content (AvgIpc) is 0.801. The molecule has 3 aliphatic rings. The number of nitrogens with zero attached hydrogens (tertiary/aromatic N) is 4. The minimum atomic E-state index is -4.67. The van der Waals surface area contributed by atoms with E-state index in [2.05, 4.69) is 184 Å². The third kappa shape index (κ3) is 39.6. The topological polar surface area (TPSA) is 383 Å². The predicted octanol–water partition coefficient (Wildman–Crippen LogP) is 19.1. The van der Waals surface area contributed by atoms with Gasteiger partial charge in [-0.1, -0.05) is 134 Å². The van der Waals surface area contributed by atoms with Crippen LogP contribution < -0.4 is 42.5 Å². The number of nitro groups is 2. The number of aliphatic hydroxyl groups excluding tert-OH is 4. The fourth-order valence-electron chi connectivity index (χ4n) is 9.81. The van der Waals surface area contributed by atoms with Crippen molar-refractivity contribution in [3.63, 3.8) is 0 Å². The van der Waals surface area contributed by atoms with E-state index in [0.717, 1.165) is 78.5 Å². The highest BCUT2D eigenvalue weighted by atomic mass is 79.9. The molecule has 24 nitrogen and oxygen atoms in total. The molecule has 0 bridgehead atoms. The van der Waals surface area contributed by atoms with Crippen molar-refractivity contribution in [3.8, 4) is 0 Å². The van der Waals surface area contributed by atoms with Gasteiger partial charge in [0.2, 0.25) is 17.6 Å². The summed E-state index contributed by atoms with van der Waals surface area (Å²) in [5.41, 5.74) is 21.9. The average molecular weight is 1970 g/mol. The molecule has 0 spiro atoms. The van der Waals surface area contributed by atoms with E-state index in [0.29, 0.717) is 38.4 Å². The Morgan fingerprint density at radius 2 is 0.869 bits per heavy atom. The molecule has 596 valence electrons. The van der Waals surface area contributed by atoms with E-state index < -0.39 is 31.8 Å². The summed E-state index contributed by atoms with van der Waals surface area (Å²) in [5, 5.41) is 68.0. The SMILES string of the molecule is C.C.C.CC(=O)N1c2ccc(Br)cc2CC[C@@H]1C.CC(=O)N1c2ccc(Br)cc2CC[C@@H]1C.CC(N)CO.C[C@@H](CO)Nc1ccc(Br)cc1N.C[C@@H](CO)Nc1ccc(Br)cc1[N+](=O)[O-].C[C@H]1CCc2cc(Br)ccc2N1.Cc1cc(Br)ccc1N[C@@H](C)CO.O=S(=O)(O)O.O=[N+]([O-])c1cc(Br)ccc1F. The summed E-state index contributed by atoms with van der Waals surface area (Å²) in [4.78, 5) is 46.6. The number of hydrogen-bond acceptors (Lipinski definition) is 18. The third-order valence-electron chi connectivity index (χ3n) is 14.9. The van der Waals surface area contributed by atoms with Crippen LogP contribution in [-0.4, -0.2) is 128 Å². The molecule has 7 aromatic rings. The number of nitrogens with one attached hydrogen (secondary N) is 4. The van der Waals surface area contributed by atoms with Gasteiger partial charge in [0, 0.05) is 122 Å². The Morgan fingerprint density at radius 3 is 1.25 bits per heavy atom. The second-order valence-electron chi connectivity index (χ2n) is 24.2. The molecule has 1 unspecified atom stereocenters. The standard InChI is InChI=1S/2C12H14BrNO.C10H14BrNO.C10H12BrN.C9H11BrN2O3.C9H13BrN2O.C6H3BrFNO2.C3H9NO.3CH4.H2O4S/c2*1-8-3-4-10-7-11(13)5-6-12(10)14(8)9(2)15;1-7-5-9(11)3-4-10(7)12-8(2)6-13;1-7-2-3-8-6-9(11)4-5-10(8)12-7;1-6(5-13)11-8-3-2-7(10)4-9(8)12(14)15;1-6(5-13)12-9-3-2-7(10)4-8(9)11;7-4-1-2-5(8)6(3-4)9(10)11;1-3(4)2-5;;;;1-5(2,3)4/h2*5-8H,3-4H2,1-2H3;3-5,8,12-13H,6H2,1-2H3;4-7,12H,2-3H2,1H3;2-4,6,11,13H,5H2,1H3;2-4,6,12-13H,5,11H2,1H3;1-3H;3,5H,2,4H2,1H3;3*1H4;(H2,1,2,3,4)/t3*8-;7-;2*6-;;;;;;/m000000....../s1. The van der Waals surface area contributed by atoms with Gasteiger partial charge in [-0.15, -0.1) is 0 Å². The van der Waals surface area contributed by atoms with E-state index in [4.69, 9.17) is 49.4 Å². The summed E-state index contributed by atoms with van der Waals surface area (Å²) in [6, 6.07) is 39.7. The fraction of sp³-hybridized carbons (Fsp3) is 0.405. The molecule has 2 amide bonds. The van der Waals surface area contributed by atoms with Crippen LogP contribution in [-0.2, 0) is 39.3 Å². The highest BCUT2D eigenvalue weighted by Gasteiger charge is 2.27. The second kappa shape index (κ2) is 52.4. The molecule has 7 aromatic carbocycles. The summed E-state index contributed by atoms with van der Waals surface area (Å²) >= 11 is 23.3. The molecule has 33 heteroatoms. The van der Waals surface area contributed by atoms with Gasteiger partial charge in [-0.3, -0.25) is 38.9 Å². The van der Waals surface area contributed by atoms with Crippen molar-refractivity contribution in [1.82, 2.24) is 0 Å². The maximum Gasteiger partial charge on any atom is 0.394 e. The number of carbonyl (C=O) groups excluding carboxylic acids is 2. The lowest BCUT2D eigenvalue weighted by Gasteiger charge is -2.34. The van der Waals surface area contributed by atoms with Crippen LogP contribution in [0.2, 0.25) is 0 Å². The summed E-state index contributed by atoms with van der Waals surface area (Å²) in [6.45, 7) is 19.3. The zero-order valence-electron chi connectivity index (χ0n) is 59.1. The van der Waals surface area contributed by atoms with Gasteiger partial charge in [-0.25, -0.2) is 0 Å². The van der Waals surface area contributed by atoms with Crippen LogP contribution in [0.4, 0.5) is 55.6 Å². The van der Waals surface area contributed by atoms with E-state index in [1.54, 1.807) is 39.8 Å². The fourth-order valence-corrected chi connectivity index (χ4v) is 12.6. The van der Waals surface area contributed by atoms with Crippen molar-refractivity contribution in [3.05, 3.63) is 207 Å². The van der Waals surface area contributed by atoms with Gasteiger partial charge in [0.05, 0.1) is 47.6 Å². The van der Waals surface area contributed by atoms with E-state index in [-0.39, 0.29) is 90.4 Å². The zero-order chi connectivity index (χ0) is 78.9. The Hall–Kier alpha value is -5.76. The van der Waals surface area contributed by atoms with Gasteiger partial charge >= 0.3 is 16.1 Å². The lowest BCUT2D eigenvalue weighted by molar-refractivity contribution is -0.387. The van der Waals surface area contributed by atoms with Crippen LogP contribution in [0.15, 0.2) is 159 Å². The van der Waals surface area contributed by atoms with E-state index in [1.807, 2.05) is 91.2 Å². The molecule has 0 fully saturated rings. The van der Waals surface area contributed by atoms with Crippen LogP contribution >= 0.6 is 112 Å². The number of anilines is 7. The number of benzene rings is 7. The number of aliphatic hydroxyl groups is 4. The van der Waals surface area contributed by atoms with Gasteiger partial charge in [0.25, 0.3) is 5.69 Å². The first kappa shape index (κ1) is 103. The van der Waals surface area contributed by atoms with Crippen LogP contribution in [0.3, 0.4) is 0 Å². The number of amides is 2. The van der Waals surface area contributed by atoms with Gasteiger partial charge in [0.1, 0.15) is 5.69 Å². The van der Waals surface area contributed by atoms with Crippen LogP contribution in [0.25, 0.3) is 0 Å². The lowest BCUT2D eigenvalue weighted by atomic mass is 9.97. The van der Waals surface area contributed by atoms with Crippen molar-refractivity contribution in [2.75, 3.05) is 63.2 Å². The molecule has 0 aromatic heterocycles. The molecule has 3 heterocycles. The number of halogens is 8.